The molecule has 0 spiro atoms. The van der Waals surface area contributed by atoms with Crippen molar-refractivity contribution in [1.29, 1.82) is 0 Å². The predicted molar refractivity (Wildman–Crippen MR) is 88.1 cm³/mol. The summed E-state index contributed by atoms with van der Waals surface area (Å²) in [5.74, 6) is -2.50. The topological polar surface area (TPSA) is 46.9 Å². The van der Waals surface area contributed by atoms with Gasteiger partial charge >= 0.3 is 6.18 Å². The average Bonchev–Trinajstić information content (AvgIpc) is 3.20. The predicted octanol–water partition coefficient (Wildman–Crippen LogP) is 4.88. The van der Waals surface area contributed by atoms with Crippen LogP contribution in [0.1, 0.15) is 45.4 Å². The van der Waals surface area contributed by atoms with Crippen LogP contribution in [0.2, 0.25) is 0 Å². The van der Waals surface area contributed by atoms with Gasteiger partial charge in [-0.05, 0) is 39.0 Å². The lowest BCUT2D eigenvalue weighted by molar-refractivity contribution is -0.189. The Labute approximate surface area is 151 Å². The lowest BCUT2D eigenvalue weighted by Crippen LogP contribution is -2.39. The van der Waals surface area contributed by atoms with Gasteiger partial charge in [0.1, 0.15) is 11.3 Å². The number of carbonyl (C=O) groups excluding carboxylic acids is 1. The Balaban J connectivity index is 1.70. The molecule has 0 aliphatic heterocycles. The number of aromatic nitrogens is 2. The maximum atomic E-state index is 14.4. The van der Waals surface area contributed by atoms with Crippen LogP contribution in [-0.2, 0) is 10.3 Å². The van der Waals surface area contributed by atoms with Gasteiger partial charge in [-0.25, -0.2) is 13.8 Å². The summed E-state index contributed by atoms with van der Waals surface area (Å²) in [6.45, 7) is 1.86. The van der Waals surface area contributed by atoms with Gasteiger partial charge in [-0.1, -0.05) is 0 Å². The number of alkyl halides is 3. The monoisotopic (exact) mass is 387 g/mol. The summed E-state index contributed by atoms with van der Waals surface area (Å²) in [6, 6.07) is 1.78. The van der Waals surface area contributed by atoms with Crippen molar-refractivity contribution < 1.29 is 26.7 Å². The summed E-state index contributed by atoms with van der Waals surface area (Å²) in [4.78, 5) is 16.4. The molecular formula is C18H18F5N3O. The first-order valence-corrected chi connectivity index (χ1v) is 8.79. The van der Waals surface area contributed by atoms with Crippen molar-refractivity contribution in [1.82, 2.24) is 9.55 Å². The van der Waals surface area contributed by atoms with Gasteiger partial charge in [0.15, 0.2) is 5.82 Å². The zero-order valence-electron chi connectivity index (χ0n) is 14.6. The molecule has 2 saturated carbocycles. The highest BCUT2D eigenvalue weighted by Crippen LogP contribution is 2.60. The van der Waals surface area contributed by atoms with Crippen LogP contribution in [0, 0.1) is 17.0 Å². The highest BCUT2D eigenvalue weighted by molar-refractivity contribution is 5.92. The van der Waals surface area contributed by atoms with Crippen LogP contribution in [0.4, 0.5) is 27.9 Å². The second-order valence-corrected chi connectivity index (χ2v) is 7.88. The molecule has 0 atom stereocenters. The smallest absolute Gasteiger partial charge is 0.302 e. The van der Waals surface area contributed by atoms with Crippen LogP contribution in [0.3, 0.4) is 0 Å². The summed E-state index contributed by atoms with van der Waals surface area (Å²) in [5, 5.41) is 2.41. The zero-order valence-corrected chi connectivity index (χ0v) is 14.6. The van der Waals surface area contributed by atoms with Crippen LogP contribution in [0.15, 0.2) is 12.1 Å². The molecule has 1 aromatic carbocycles. The molecule has 4 rings (SSSR count). The van der Waals surface area contributed by atoms with Gasteiger partial charge in [-0.15, -0.1) is 0 Å². The highest BCUT2D eigenvalue weighted by Gasteiger charge is 2.63. The molecular weight excluding hydrogens is 369 g/mol. The first-order valence-electron chi connectivity index (χ1n) is 8.79. The van der Waals surface area contributed by atoms with Crippen LogP contribution in [0.5, 0.6) is 0 Å². The Hall–Kier alpha value is -2.19. The Morgan fingerprint density at radius 3 is 2.41 bits per heavy atom. The first kappa shape index (κ1) is 18.2. The molecule has 1 heterocycles. The van der Waals surface area contributed by atoms with E-state index in [4.69, 9.17) is 0 Å². The second-order valence-electron chi connectivity index (χ2n) is 7.88. The fraction of sp³-hybridized carbons (Fsp3) is 0.556. The van der Waals surface area contributed by atoms with Crippen molar-refractivity contribution in [3.8, 4) is 0 Å². The lowest BCUT2D eigenvalue weighted by atomic mass is 9.78. The number of fused-ring (bicyclic) bond motifs is 1. The van der Waals surface area contributed by atoms with Gasteiger partial charge in [0.25, 0.3) is 0 Å². The van der Waals surface area contributed by atoms with Crippen LogP contribution >= 0.6 is 0 Å². The van der Waals surface area contributed by atoms with Gasteiger partial charge in [-0.2, -0.15) is 13.2 Å². The van der Waals surface area contributed by atoms with Gasteiger partial charge in [0.05, 0.1) is 10.9 Å². The van der Waals surface area contributed by atoms with Crippen molar-refractivity contribution >= 4 is 22.9 Å². The van der Waals surface area contributed by atoms with Crippen LogP contribution in [-0.4, -0.2) is 21.6 Å². The number of imidazole rings is 1. The van der Waals surface area contributed by atoms with Gasteiger partial charge in [0, 0.05) is 24.1 Å². The van der Waals surface area contributed by atoms with Gasteiger partial charge < -0.3 is 4.57 Å². The summed E-state index contributed by atoms with van der Waals surface area (Å²) in [6.07, 6.45) is -3.03. The molecule has 2 fully saturated rings. The van der Waals surface area contributed by atoms with Crippen molar-refractivity contribution in [2.45, 2.75) is 57.2 Å². The third kappa shape index (κ3) is 2.87. The molecule has 1 aromatic heterocycles. The summed E-state index contributed by atoms with van der Waals surface area (Å²) >= 11 is 0. The molecule has 0 unspecified atom stereocenters. The van der Waals surface area contributed by atoms with E-state index in [1.165, 1.54) is 4.57 Å². The number of nitrogens with zero attached hydrogens (tertiary/aromatic N) is 2. The molecule has 0 bridgehead atoms. The third-order valence-corrected chi connectivity index (χ3v) is 5.85. The Morgan fingerprint density at radius 1 is 1.22 bits per heavy atom. The Kier molecular flexibility index (Phi) is 3.81. The van der Waals surface area contributed by atoms with E-state index in [1.54, 1.807) is 0 Å². The zero-order chi connectivity index (χ0) is 19.6. The van der Waals surface area contributed by atoms with Crippen molar-refractivity contribution in [3.05, 3.63) is 23.8 Å². The number of benzene rings is 1. The molecule has 0 radical (unpaired) electrons. The molecule has 2 aliphatic carbocycles. The van der Waals surface area contributed by atoms with E-state index in [0.29, 0.717) is 12.8 Å². The normalized spacial score (nSPS) is 20.4. The minimum Gasteiger partial charge on any atom is -0.302 e. The third-order valence-electron chi connectivity index (χ3n) is 5.85. The van der Waals surface area contributed by atoms with E-state index in [1.807, 2.05) is 6.92 Å². The number of nitrogens with one attached hydrogen (secondary N) is 1. The Bertz CT molecular complexity index is 925. The van der Waals surface area contributed by atoms with Crippen LogP contribution < -0.4 is 5.32 Å². The van der Waals surface area contributed by atoms with Crippen LogP contribution in [0.25, 0.3) is 11.0 Å². The highest BCUT2D eigenvalue weighted by atomic mass is 19.4. The molecule has 1 N–H and O–H groups in total. The minimum atomic E-state index is -4.44. The van der Waals surface area contributed by atoms with E-state index in [9.17, 15) is 26.7 Å². The molecule has 2 aliphatic rings. The molecule has 9 heteroatoms. The summed E-state index contributed by atoms with van der Waals surface area (Å²) in [7, 11) is 0. The van der Waals surface area contributed by atoms with Gasteiger partial charge in [0.2, 0.25) is 11.9 Å². The maximum Gasteiger partial charge on any atom is 0.395 e. The quantitative estimate of drug-likeness (QED) is 0.760. The number of rotatable bonds is 4. The fourth-order valence-corrected chi connectivity index (χ4v) is 3.84. The van der Waals surface area contributed by atoms with E-state index in [0.717, 1.165) is 18.6 Å². The summed E-state index contributed by atoms with van der Waals surface area (Å²) < 4.78 is 68.8. The second kappa shape index (κ2) is 5.65. The van der Waals surface area contributed by atoms with Crippen molar-refractivity contribution in [3.63, 3.8) is 0 Å². The molecule has 146 valence electrons. The number of anilines is 1. The number of hydrogen-bond donors (Lipinski definition) is 1. The van der Waals surface area contributed by atoms with Gasteiger partial charge in [-0.3, -0.25) is 10.1 Å². The molecule has 27 heavy (non-hydrogen) atoms. The number of halogens is 5. The average molecular weight is 387 g/mol. The van der Waals surface area contributed by atoms with E-state index in [-0.39, 0.29) is 29.8 Å². The number of amides is 1. The summed E-state index contributed by atoms with van der Waals surface area (Å²) in [5.41, 5.74) is -2.44. The SMILES string of the molecule is CC1(n2c(NC(=O)CC3(C(F)(F)F)CC3)nc3cc(F)cc(F)c32)CCC1. The molecule has 0 saturated heterocycles. The number of carbonyl (C=O) groups is 1. The van der Waals surface area contributed by atoms with Crippen molar-refractivity contribution in [2.24, 2.45) is 5.41 Å². The fourth-order valence-electron chi connectivity index (χ4n) is 3.84. The van der Waals surface area contributed by atoms with E-state index >= 15 is 0 Å². The largest absolute Gasteiger partial charge is 0.395 e. The molecule has 4 nitrogen and oxygen atoms in total. The number of hydrogen-bond acceptors (Lipinski definition) is 2. The maximum absolute atomic E-state index is 14.4. The molecule has 1 amide bonds. The lowest BCUT2D eigenvalue weighted by Gasteiger charge is -2.41. The van der Waals surface area contributed by atoms with E-state index in [2.05, 4.69) is 10.3 Å². The standard InChI is InChI=1S/C18H18F5N3O/c1-16(3-2-4-16)26-14-11(20)7-10(19)8-12(14)24-15(26)25-13(27)9-17(5-6-17)18(21,22)23/h7-8H,2-6,9H2,1H3,(H,24,25,27). The first-order chi connectivity index (χ1) is 12.5. The minimum absolute atomic E-state index is 0.0212. The van der Waals surface area contributed by atoms with E-state index < -0.39 is 41.1 Å². The van der Waals surface area contributed by atoms with Crippen molar-refractivity contribution in [2.75, 3.05) is 5.32 Å². The molecule has 2 aromatic rings. The Morgan fingerprint density at radius 2 is 1.89 bits per heavy atom.